The summed E-state index contributed by atoms with van der Waals surface area (Å²) < 4.78 is 4.75. The normalized spacial score (nSPS) is 9.50. The van der Waals surface area contributed by atoms with Gasteiger partial charge in [0.2, 0.25) is 5.75 Å². The molecule has 12 heavy (non-hydrogen) atoms. The molecule has 0 fully saturated rings. The van der Waals surface area contributed by atoms with Crippen molar-refractivity contribution in [1.29, 1.82) is 0 Å². The van der Waals surface area contributed by atoms with E-state index in [1.165, 1.54) is 7.11 Å². The molecular formula is C6H9N3O3. The van der Waals surface area contributed by atoms with E-state index in [4.69, 9.17) is 4.74 Å². The number of hydrogen-bond donors (Lipinski definition) is 3. The molecule has 66 valence electrons. The molecule has 1 aromatic heterocycles. The minimum Gasteiger partial charge on any atom is -0.489 e. The predicted molar refractivity (Wildman–Crippen MR) is 43.8 cm³/mol. The molecule has 0 unspecified atom stereocenters. The summed E-state index contributed by atoms with van der Waals surface area (Å²) >= 11 is 0. The van der Waals surface area contributed by atoms with E-state index in [0.717, 1.165) is 0 Å². The smallest absolute Gasteiger partial charge is 0.327 e. The first-order valence-corrected chi connectivity index (χ1v) is 3.27. The molecule has 1 rings (SSSR count). The average molecular weight is 171 g/mol. The second kappa shape index (κ2) is 3.12. The molecule has 0 radical (unpaired) electrons. The maximum Gasteiger partial charge on any atom is 0.327 e. The lowest BCUT2D eigenvalue weighted by atomic mass is 10.5. The third-order valence-electron chi connectivity index (χ3n) is 1.35. The van der Waals surface area contributed by atoms with E-state index in [2.05, 4.69) is 10.3 Å². The third kappa shape index (κ3) is 1.31. The van der Waals surface area contributed by atoms with Crippen molar-refractivity contribution in [2.45, 2.75) is 0 Å². The summed E-state index contributed by atoms with van der Waals surface area (Å²) in [6.07, 6.45) is 0. The van der Waals surface area contributed by atoms with Gasteiger partial charge in [-0.25, -0.2) is 4.79 Å². The van der Waals surface area contributed by atoms with Gasteiger partial charge in [0, 0.05) is 7.05 Å². The van der Waals surface area contributed by atoms with E-state index in [1.807, 2.05) is 4.98 Å². The fourth-order valence-corrected chi connectivity index (χ4v) is 0.846. The van der Waals surface area contributed by atoms with Gasteiger partial charge in [-0.1, -0.05) is 0 Å². The van der Waals surface area contributed by atoms with Crippen LogP contribution < -0.4 is 21.3 Å². The number of ether oxygens (including phenoxy) is 1. The fraction of sp³-hybridized carbons (Fsp3) is 0.333. The molecule has 0 saturated carbocycles. The molecule has 0 saturated heterocycles. The lowest BCUT2D eigenvalue weighted by Gasteiger charge is -2.04. The zero-order valence-corrected chi connectivity index (χ0v) is 6.72. The van der Waals surface area contributed by atoms with Gasteiger partial charge in [0.25, 0.3) is 5.56 Å². The summed E-state index contributed by atoms with van der Waals surface area (Å²) in [5.41, 5.74) is -1.12. The van der Waals surface area contributed by atoms with Gasteiger partial charge in [0.1, 0.15) is 0 Å². The topological polar surface area (TPSA) is 87.0 Å². The quantitative estimate of drug-likeness (QED) is 0.539. The lowest BCUT2D eigenvalue weighted by Crippen LogP contribution is -2.24. The van der Waals surface area contributed by atoms with Crippen LogP contribution in [0.2, 0.25) is 0 Å². The summed E-state index contributed by atoms with van der Waals surface area (Å²) in [4.78, 5) is 26.1. The highest BCUT2D eigenvalue weighted by molar-refractivity contribution is 5.46. The molecule has 0 spiro atoms. The van der Waals surface area contributed by atoms with Crippen LogP contribution in [-0.4, -0.2) is 24.1 Å². The molecule has 0 aliphatic heterocycles. The summed E-state index contributed by atoms with van der Waals surface area (Å²) in [5, 5.41) is 2.63. The maximum absolute atomic E-state index is 11.0. The zero-order valence-electron chi connectivity index (χ0n) is 6.72. The highest BCUT2D eigenvalue weighted by Gasteiger charge is 2.06. The monoisotopic (exact) mass is 171 g/mol. The van der Waals surface area contributed by atoms with Gasteiger partial charge in [-0.15, -0.1) is 0 Å². The van der Waals surface area contributed by atoms with Gasteiger partial charge in [-0.05, 0) is 0 Å². The van der Waals surface area contributed by atoms with Crippen molar-refractivity contribution in [3.8, 4) is 5.75 Å². The Bertz CT molecular complexity index is 378. The second-order valence-electron chi connectivity index (χ2n) is 2.07. The summed E-state index contributed by atoms with van der Waals surface area (Å²) in [6, 6.07) is 0. The second-order valence-corrected chi connectivity index (χ2v) is 2.07. The van der Waals surface area contributed by atoms with E-state index < -0.39 is 11.2 Å². The van der Waals surface area contributed by atoms with Crippen LogP contribution in [0, 0.1) is 0 Å². The number of hydrogen-bond acceptors (Lipinski definition) is 4. The molecule has 0 atom stereocenters. The highest BCUT2D eigenvalue weighted by Crippen LogP contribution is 2.10. The van der Waals surface area contributed by atoms with Gasteiger partial charge in [-0.3, -0.25) is 14.8 Å². The fourth-order valence-electron chi connectivity index (χ4n) is 0.846. The minimum atomic E-state index is -0.565. The zero-order chi connectivity index (χ0) is 9.14. The van der Waals surface area contributed by atoms with Crippen LogP contribution in [0.25, 0.3) is 0 Å². The van der Waals surface area contributed by atoms with Gasteiger partial charge in [0.05, 0.1) is 7.11 Å². The number of H-pyrrole nitrogens is 2. The molecule has 3 N–H and O–H groups in total. The van der Waals surface area contributed by atoms with Crippen molar-refractivity contribution in [3.05, 3.63) is 20.8 Å². The van der Waals surface area contributed by atoms with Crippen LogP contribution in [0.3, 0.4) is 0 Å². The van der Waals surface area contributed by atoms with Crippen molar-refractivity contribution in [3.63, 3.8) is 0 Å². The molecule has 6 nitrogen and oxygen atoms in total. The van der Waals surface area contributed by atoms with Crippen molar-refractivity contribution < 1.29 is 4.74 Å². The third-order valence-corrected chi connectivity index (χ3v) is 1.35. The molecule has 1 heterocycles. The number of nitrogens with one attached hydrogen (secondary N) is 3. The Morgan fingerprint density at radius 3 is 2.50 bits per heavy atom. The average Bonchev–Trinajstić information content (AvgIpc) is 2.03. The van der Waals surface area contributed by atoms with Crippen LogP contribution >= 0.6 is 0 Å². The van der Waals surface area contributed by atoms with Crippen molar-refractivity contribution in [2.24, 2.45) is 0 Å². The van der Waals surface area contributed by atoms with Crippen molar-refractivity contribution >= 4 is 5.82 Å². The van der Waals surface area contributed by atoms with Gasteiger partial charge in [-0.2, -0.15) is 0 Å². The Hall–Kier alpha value is -1.72. The van der Waals surface area contributed by atoms with Crippen LogP contribution in [0.15, 0.2) is 9.59 Å². The van der Waals surface area contributed by atoms with E-state index in [9.17, 15) is 9.59 Å². The van der Waals surface area contributed by atoms with E-state index in [1.54, 1.807) is 7.05 Å². The number of methoxy groups -OCH3 is 1. The molecule has 0 bridgehead atoms. The van der Waals surface area contributed by atoms with Crippen molar-refractivity contribution in [1.82, 2.24) is 9.97 Å². The van der Waals surface area contributed by atoms with E-state index >= 15 is 0 Å². The van der Waals surface area contributed by atoms with E-state index in [-0.39, 0.29) is 11.6 Å². The first-order valence-electron chi connectivity index (χ1n) is 3.27. The van der Waals surface area contributed by atoms with Crippen LogP contribution in [0.5, 0.6) is 5.75 Å². The Morgan fingerprint density at radius 2 is 2.00 bits per heavy atom. The van der Waals surface area contributed by atoms with Crippen LogP contribution in [0.1, 0.15) is 0 Å². The summed E-state index contributed by atoms with van der Waals surface area (Å²) in [6.45, 7) is 0. The lowest BCUT2D eigenvalue weighted by molar-refractivity contribution is 0.407. The highest BCUT2D eigenvalue weighted by atomic mass is 16.5. The molecule has 0 amide bonds. The Balaban J connectivity index is 3.44. The molecule has 1 aromatic rings. The van der Waals surface area contributed by atoms with E-state index in [0.29, 0.717) is 0 Å². The number of rotatable bonds is 2. The Morgan fingerprint density at radius 1 is 1.33 bits per heavy atom. The SMILES string of the molecule is CNc1[nH]c(=O)[nH]c(=O)c1OC. The molecule has 6 heteroatoms. The first kappa shape index (κ1) is 8.38. The summed E-state index contributed by atoms with van der Waals surface area (Å²) in [7, 11) is 2.93. The van der Waals surface area contributed by atoms with Gasteiger partial charge in [0.15, 0.2) is 5.82 Å². The first-order chi connectivity index (χ1) is 5.69. The number of aromatic nitrogens is 2. The van der Waals surface area contributed by atoms with Gasteiger partial charge >= 0.3 is 5.69 Å². The van der Waals surface area contributed by atoms with Crippen LogP contribution in [0.4, 0.5) is 5.82 Å². The predicted octanol–water partition coefficient (Wildman–Crippen LogP) is -0.886. The molecular weight excluding hydrogens is 162 g/mol. The largest absolute Gasteiger partial charge is 0.489 e. The Labute approximate surface area is 67.6 Å². The maximum atomic E-state index is 11.0. The summed E-state index contributed by atoms with van der Waals surface area (Å²) in [5.74, 6) is 0.336. The molecule has 0 aromatic carbocycles. The Kier molecular flexibility index (Phi) is 2.18. The van der Waals surface area contributed by atoms with Gasteiger partial charge < -0.3 is 10.1 Å². The molecule has 0 aliphatic carbocycles. The van der Waals surface area contributed by atoms with Crippen LogP contribution in [-0.2, 0) is 0 Å². The number of anilines is 1. The standard InChI is InChI=1S/C6H9N3O3/c1-7-4-3(12-2)5(10)9-6(11)8-4/h1-2H3,(H3,7,8,9,10,11). The van der Waals surface area contributed by atoms with Crippen molar-refractivity contribution in [2.75, 3.05) is 19.5 Å². The molecule has 0 aliphatic rings. The minimum absolute atomic E-state index is 0.0668. The number of aromatic amines is 2.